The van der Waals surface area contributed by atoms with Gasteiger partial charge in [-0.25, -0.2) is 4.39 Å². The van der Waals surface area contributed by atoms with Gasteiger partial charge in [-0.05, 0) is 24.1 Å². The fourth-order valence-electron chi connectivity index (χ4n) is 1.84. The number of aryl methyl sites for hydroxylation is 1. The van der Waals surface area contributed by atoms with Gasteiger partial charge in [0.2, 0.25) is 0 Å². The molecule has 0 aliphatic carbocycles. The molecule has 0 fully saturated rings. The molecule has 2 aromatic rings. The van der Waals surface area contributed by atoms with Crippen LogP contribution < -0.4 is 5.73 Å². The van der Waals surface area contributed by atoms with Gasteiger partial charge in [0.15, 0.2) is 0 Å². The van der Waals surface area contributed by atoms with Crippen molar-refractivity contribution in [2.75, 3.05) is 6.61 Å². The highest BCUT2D eigenvalue weighted by Gasteiger charge is 2.17. The first-order valence-electron chi connectivity index (χ1n) is 6.15. The van der Waals surface area contributed by atoms with Crippen molar-refractivity contribution >= 4 is 0 Å². The van der Waals surface area contributed by atoms with Crippen LogP contribution in [0.1, 0.15) is 17.4 Å². The lowest BCUT2D eigenvalue weighted by atomic mass is 10.0. The molecular formula is C15H17FN2O. The van der Waals surface area contributed by atoms with Crippen molar-refractivity contribution in [3.05, 3.63) is 53.9 Å². The quantitative estimate of drug-likeness (QED) is 0.887. The molecule has 3 N–H and O–H groups in total. The van der Waals surface area contributed by atoms with Crippen LogP contribution >= 0.6 is 0 Å². The Kier molecular flexibility index (Phi) is 4.24. The van der Waals surface area contributed by atoms with Gasteiger partial charge in [0.05, 0.1) is 12.6 Å². The van der Waals surface area contributed by atoms with E-state index in [0.717, 1.165) is 16.8 Å². The van der Waals surface area contributed by atoms with Crippen LogP contribution in [0.25, 0.3) is 11.1 Å². The molecule has 0 saturated heterocycles. The maximum atomic E-state index is 13.8. The number of nitrogens with two attached hydrogens (primary N) is 1. The van der Waals surface area contributed by atoms with E-state index in [1.807, 2.05) is 31.2 Å². The van der Waals surface area contributed by atoms with Crippen molar-refractivity contribution < 1.29 is 9.50 Å². The SMILES string of the molecule is Cc1ccc(-c2ccc(C(F)C(N)CO)cc2)cn1. The lowest BCUT2D eigenvalue weighted by Crippen LogP contribution is -2.29. The monoisotopic (exact) mass is 260 g/mol. The molecule has 2 rings (SSSR count). The molecule has 0 aliphatic rings. The third kappa shape index (κ3) is 3.16. The van der Waals surface area contributed by atoms with Crippen LogP contribution in [0.2, 0.25) is 0 Å². The van der Waals surface area contributed by atoms with E-state index in [2.05, 4.69) is 4.98 Å². The van der Waals surface area contributed by atoms with Gasteiger partial charge in [0, 0.05) is 17.5 Å². The first kappa shape index (κ1) is 13.6. The van der Waals surface area contributed by atoms with E-state index in [1.165, 1.54) is 0 Å². The van der Waals surface area contributed by atoms with E-state index in [-0.39, 0.29) is 6.61 Å². The molecule has 0 spiro atoms. The van der Waals surface area contributed by atoms with Crippen LogP contribution in [0.3, 0.4) is 0 Å². The summed E-state index contributed by atoms with van der Waals surface area (Å²) < 4.78 is 13.8. The van der Waals surface area contributed by atoms with Crippen molar-refractivity contribution in [1.29, 1.82) is 0 Å². The van der Waals surface area contributed by atoms with Gasteiger partial charge in [-0.1, -0.05) is 30.3 Å². The Labute approximate surface area is 111 Å². The second kappa shape index (κ2) is 5.91. The Morgan fingerprint density at radius 2 is 1.79 bits per heavy atom. The molecule has 1 heterocycles. The number of rotatable bonds is 4. The number of aliphatic hydroxyl groups is 1. The number of aromatic nitrogens is 1. The zero-order chi connectivity index (χ0) is 13.8. The predicted octanol–water partition coefficient (Wildman–Crippen LogP) is 2.39. The smallest absolute Gasteiger partial charge is 0.142 e. The summed E-state index contributed by atoms with van der Waals surface area (Å²) >= 11 is 0. The molecule has 19 heavy (non-hydrogen) atoms. The van der Waals surface area contributed by atoms with E-state index < -0.39 is 12.2 Å². The van der Waals surface area contributed by atoms with Crippen LogP contribution in [0.4, 0.5) is 4.39 Å². The van der Waals surface area contributed by atoms with E-state index in [1.54, 1.807) is 18.3 Å². The molecule has 0 bridgehead atoms. The van der Waals surface area contributed by atoms with Crippen LogP contribution in [-0.2, 0) is 0 Å². The second-order valence-electron chi connectivity index (χ2n) is 4.56. The maximum Gasteiger partial charge on any atom is 0.142 e. The number of hydrogen-bond donors (Lipinski definition) is 2. The van der Waals surface area contributed by atoms with Gasteiger partial charge >= 0.3 is 0 Å². The lowest BCUT2D eigenvalue weighted by Gasteiger charge is -2.14. The Bertz CT molecular complexity index is 525. The molecule has 100 valence electrons. The minimum Gasteiger partial charge on any atom is -0.395 e. The van der Waals surface area contributed by atoms with Gasteiger partial charge in [0.25, 0.3) is 0 Å². The number of benzene rings is 1. The highest BCUT2D eigenvalue weighted by atomic mass is 19.1. The zero-order valence-corrected chi connectivity index (χ0v) is 10.8. The molecular weight excluding hydrogens is 243 g/mol. The Morgan fingerprint density at radius 3 is 2.32 bits per heavy atom. The highest BCUT2D eigenvalue weighted by Crippen LogP contribution is 2.24. The van der Waals surface area contributed by atoms with Crippen LogP contribution in [0.5, 0.6) is 0 Å². The van der Waals surface area contributed by atoms with Crippen molar-refractivity contribution in [1.82, 2.24) is 4.98 Å². The van der Waals surface area contributed by atoms with Crippen molar-refractivity contribution in [2.45, 2.75) is 19.1 Å². The van der Waals surface area contributed by atoms with Crippen LogP contribution in [0, 0.1) is 6.92 Å². The third-order valence-corrected chi connectivity index (χ3v) is 3.06. The van der Waals surface area contributed by atoms with Gasteiger partial charge in [0.1, 0.15) is 6.17 Å². The van der Waals surface area contributed by atoms with Crippen molar-refractivity contribution in [3.8, 4) is 11.1 Å². The van der Waals surface area contributed by atoms with Crippen molar-refractivity contribution in [2.24, 2.45) is 5.73 Å². The topological polar surface area (TPSA) is 59.1 Å². The summed E-state index contributed by atoms with van der Waals surface area (Å²) in [6.07, 6.45) is 0.437. The largest absolute Gasteiger partial charge is 0.395 e. The first-order valence-corrected chi connectivity index (χ1v) is 6.15. The fourth-order valence-corrected chi connectivity index (χ4v) is 1.84. The summed E-state index contributed by atoms with van der Waals surface area (Å²) in [6.45, 7) is 1.56. The molecule has 1 aromatic heterocycles. The summed E-state index contributed by atoms with van der Waals surface area (Å²) in [6, 6.07) is 10.1. The minimum atomic E-state index is -1.35. The summed E-state index contributed by atoms with van der Waals surface area (Å²) in [4.78, 5) is 4.23. The highest BCUT2D eigenvalue weighted by molar-refractivity contribution is 5.62. The molecule has 0 amide bonds. The Balaban J connectivity index is 2.21. The summed E-state index contributed by atoms with van der Waals surface area (Å²) in [5.41, 5.74) is 8.87. The summed E-state index contributed by atoms with van der Waals surface area (Å²) in [5.74, 6) is 0. The van der Waals surface area contributed by atoms with Gasteiger partial charge in [-0.2, -0.15) is 0 Å². The summed E-state index contributed by atoms with van der Waals surface area (Å²) in [7, 11) is 0. The Hall–Kier alpha value is -1.78. The number of nitrogens with zero attached hydrogens (tertiary/aromatic N) is 1. The van der Waals surface area contributed by atoms with Crippen molar-refractivity contribution in [3.63, 3.8) is 0 Å². The number of halogens is 1. The number of pyridine rings is 1. The molecule has 2 atom stereocenters. The first-order chi connectivity index (χ1) is 9.11. The molecule has 0 saturated carbocycles. The van der Waals surface area contributed by atoms with Gasteiger partial charge < -0.3 is 10.8 Å². The zero-order valence-electron chi connectivity index (χ0n) is 10.8. The van der Waals surface area contributed by atoms with Crippen LogP contribution in [0.15, 0.2) is 42.6 Å². The average molecular weight is 260 g/mol. The predicted molar refractivity (Wildman–Crippen MR) is 73.3 cm³/mol. The molecule has 0 aliphatic heterocycles. The second-order valence-corrected chi connectivity index (χ2v) is 4.56. The van der Waals surface area contributed by atoms with Crippen LogP contribution in [-0.4, -0.2) is 22.7 Å². The third-order valence-electron chi connectivity index (χ3n) is 3.06. The van der Waals surface area contributed by atoms with Gasteiger partial charge in [-0.3, -0.25) is 4.98 Å². The lowest BCUT2D eigenvalue weighted by molar-refractivity contribution is 0.190. The van der Waals surface area contributed by atoms with Gasteiger partial charge in [-0.15, -0.1) is 0 Å². The number of hydrogen-bond acceptors (Lipinski definition) is 3. The molecule has 1 aromatic carbocycles. The van der Waals surface area contributed by atoms with E-state index in [0.29, 0.717) is 5.56 Å². The summed E-state index contributed by atoms with van der Waals surface area (Å²) in [5, 5.41) is 8.85. The molecule has 4 heteroatoms. The molecule has 0 radical (unpaired) electrons. The molecule has 3 nitrogen and oxygen atoms in total. The average Bonchev–Trinajstić information content (AvgIpc) is 2.46. The minimum absolute atomic E-state index is 0.370. The van der Waals surface area contributed by atoms with E-state index >= 15 is 0 Å². The fraction of sp³-hybridized carbons (Fsp3) is 0.267. The van der Waals surface area contributed by atoms with E-state index in [9.17, 15) is 4.39 Å². The maximum absolute atomic E-state index is 13.8. The number of aliphatic hydroxyl groups excluding tert-OH is 1. The van der Waals surface area contributed by atoms with E-state index in [4.69, 9.17) is 10.8 Å². The molecule has 2 unspecified atom stereocenters. The standard InChI is InChI=1S/C15H17FN2O/c1-10-2-3-13(8-18-10)11-4-6-12(7-5-11)15(16)14(17)9-19/h2-8,14-15,19H,9,17H2,1H3. The normalized spacial score (nSPS) is 14.1. The Morgan fingerprint density at radius 1 is 1.16 bits per heavy atom. The number of alkyl halides is 1.